The number of esters is 2. The minimum absolute atomic E-state index is 0.0670. The minimum atomic E-state index is -0.678. The molecule has 1 aromatic carbocycles. The van der Waals surface area contributed by atoms with E-state index in [2.05, 4.69) is 21.9 Å². The van der Waals surface area contributed by atoms with E-state index in [9.17, 15) is 14.4 Å². The molecule has 126 valence electrons. The molecule has 24 heavy (non-hydrogen) atoms. The quantitative estimate of drug-likeness (QED) is 0.634. The zero-order valence-corrected chi connectivity index (χ0v) is 13.4. The average Bonchev–Trinajstić information content (AvgIpc) is 2.58. The Balaban J connectivity index is 2.35. The Kier molecular flexibility index (Phi) is 5.36. The molecule has 1 aliphatic heterocycles. The number of hydrogen-bond acceptors (Lipinski definition) is 5. The molecule has 2 amide bonds. The third kappa shape index (κ3) is 3.62. The third-order valence-electron chi connectivity index (χ3n) is 3.49. The molecule has 0 radical (unpaired) electrons. The molecule has 0 spiro atoms. The summed E-state index contributed by atoms with van der Waals surface area (Å²) in [4.78, 5) is 35.5. The summed E-state index contributed by atoms with van der Waals surface area (Å²) in [5.74, 6) is -1.02. The summed E-state index contributed by atoms with van der Waals surface area (Å²) in [5, 5.41) is 5.24. The van der Waals surface area contributed by atoms with Gasteiger partial charge in [0.2, 0.25) is 0 Å². The maximum absolute atomic E-state index is 12.3. The van der Waals surface area contributed by atoms with Crippen molar-refractivity contribution in [2.24, 2.45) is 0 Å². The predicted octanol–water partition coefficient (Wildman–Crippen LogP) is 1.83. The highest BCUT2D eigenvalue weighted by atomic mass is 16.5. The van der Waals surface area contributed by atoms with E-state index in [0.717, 1.165) is 0 Å². The zero-order chi connectivity index (χ0) is 17.7. The average molecular weight is 330 g/mol. The lowest BCUT2D eigenvalue weighted by molar-refractivity contribution is -0.138. The van der Waals surface area contributed by atoms with Crippen molar-refractivity contribution in [2.75, 3.05) is 13.7 Å². The first-order valence-electron chi connectivity index (χ1n) is 7.22. The van der Waals surface area contributed by atoms with Crippen molar-refractivity contribution in [1.29, 1.82) is 0 Å². The first kappa shape index (κ1) is 17.3. The molecule has 0 saturated heterocycles. The van der Waals surface area contributed by atoms with E-state index in [-0.39, 0.29) is 6.61 Å². The van der Waals surface area contributed by atoms with E-state index in [0.29, 0.717) is 22.4 Å². The van der Waals surface area contributed by atoms with Crippen LogP contribution in [0.4, 0.5) is 4.79 Å². The van der Waals surface area contributed by atoms with Crippen molar-refractivity contribution in [3.8, 4) is 0 Å². The standard InChI is InChI=1S/C17H18N2O5/c1-4-9-24-16(21)13-10(2)18-17(22)19-14(13)11-5-7-12(8-6-11)15(20)23-3/h4-8,14H,1,9H2,2-3H3,(H2,18,19,22). The van der Waals surface area contributed by atoms with Crippen molar-refractivity contribution in [1.82, 2.24) is 10.6 Å². The molecule has 0 aromatic heterocycles. The fraction of sp³-hybridized carbons (Fsp3) is 0.235. The predicted molar refractivity (Wildman–Crippen MR) is 86.0 cm³/mol. The van der Waals surface area contributed by atoms with Crippen molar-refractivity contribution in [3.05, 3.63) is 59.3 Å². The first-order chi connectivity index (χ1) is 11.5. The maximum Gasteiger partial charge on any atom is 0.338 e. The summed E-state index contributed by atoms with van der Waals surface area (Å²) in [6.07, 6.45) is 1.46. The molecule has 1 heterocycles. The van der Waals surface area contributed by atoms with E-state index in [1.54, 1.807) is 31.2 Å². The van der Waals surface area contributed by atoms with Gasteiger partial charge in [-0.2, -0.15) is 0 Å². The van der Waals surface area contributed by atoms with Crippen LogP contribution in [0, 0.1) is 0 Å². The molecule has 0 aliphatic carbocycles. The second kappa shape index (κ2) is 7.45. The van der Waals surface area contributed by atoms with Crippen LogP contribution in [0.15, 0.2) is 48.2 Å². The topological polar surface area (TPSA) is 93.7 Å². The molecule has 2 rings (SSSR count). The Labute approximate surface area is 139 Å². The molecule has 1 aromatic rings. The van der Waals surface area contributed by atoms with Gasteiger partial charge in [0.15, 0.2) is 0 Å². The number of carbonyl (C=O) groups excluding carboxylic acids is 3. The number of rotatable bonds is 5. The minimum Gasteiger partial charge on any atom is -0.465 e. The fourth-order valence-electron chi connectivity index (χ4n) is 2.36. The van der Waals surface area contributed by atoms with Crippen LogP contribution in [0.1, 0.15) is 28.9 Å². The van der Waals surface area contributed by atoms with Gasteiger partial charge in [-0.1, -0.05) is 24.8 Å². The van der Waals surface area contributed by atoms with Crippen LogP contribution in [-0.2, 0) is 14.3 Å². The number of urea groups is 1. The Bertz CT molecular complexity index is 706. The van der Waals surface area contributed by atoms with E-state index < -0.39 is 24.0 Å². The maximum atomic E-state index is 12.3. The monoisotopic (exact) mass is 330 g/mol. The lowest BCUT2D eigenvalue weighted by Crippen LogP contribution is -2.45. The van der Waals surface area contributed by atoms with Crippen LogP contribution in [0.2, 0.25) is 0 Å². The molecule has 1 unspecified atom stereocenters. The molecule has 1 atom stereocenters. The molecule has 2 N–H and O–H groups in total. The molecule has 1 aliphatic rings. The fourth-order valence-corrected chi connectivity index (χ4v) is 2.36. The number of nitrogens with one attached hydrogen (secondary N) is 2. The lowest BCUT2D eigenvalue weighted by Gasteiger charge is -2.28. The van der Waals surface area contributed by atoms with Gasteiger partial charge in [0, 0.05) is 5.70 Å². The van der Waals surface area contributed by atoms with E-state index in [1.165, 1.54) is 13.2 Å². The third-order valence-corrected chi connectivity index (χ3v) is 3.49. The number of amides is 2. The van der Waals surface area contributed by atoms with Crippen LogP contribution in [-0.4, -0.2) is 31.7 Å². The van der Waals surface area contributed by atoms with Gasteiger partial charge in [-0.15, -0.1) is 0 Å². The van der Waals surface area contributed by atoms with Gasteiger partial charge < -0.3 is 20.1 Å². The van der Waals surface area contributed by atoms with Gasteiger partial charge in [0.1, 0.15) is 6.61 Å². The Morgan fingerprint density at radius 2 is 1.92 bits per heavy atom. The zero-order valence-electron chi connectivity index (χ0n) is 13.4. The van der Waals surface area contributed by atoms with Crippen LogP contribution < -0.4 is 10.6 Å². The van der Waals surface area contributed by atoms with Gasteiger partial charge in [-0.05, 0) is 24.6 Å². The van der Waals surface area contributed by atoms with Gasteiger partial charge in [-0.25, -0.2) is 14.4 Å². The molecular formula is C17H18N2O5. The molecule has 0 bridgehead atoms. The molecular weight excluding hydrogens is 312 g/mol. The molecule has 7 heteroatoms. The second-order valence-electron chi connectivity index (χ2n) is 5.07. The van der Waals surface area contributed by atoms with Gasteiger partial charge in [0.25, 0.3) is 0 Å². The van der Waals surface area contributed by atoms with Crippen LogP contribution in [0.25, 0.3) is 0 Å². The second-order valence-corrected chi connectivity index (χ2v) is 5.07. The van der Waals surface area contributed by atoms with Crippen LogP contribution in [0.5, 0.6) is 0 Å². The SMILES string of the molecule is C=CCOC(=O)C1=C(C)NC(=O)NC1c1ccc(C(=O)OC)cc1. The van der Waals surface area contributed by atoms with Crippen molar-refractivity contribution >= 4 is 18.0 Å². The number of hydrogen-bond donors (Lipinski definition) is 2. The van der Waals surface area contributed by atoms with Crippen LogP contribution in [0.3, 0.4) is 0 Å². The largest absolute Gasteiger partial charge is 0.465 e. The molecule has 0 fully saturated rings. The number of methoxy groups -OCH3 is 1. The highest BCUT2D eigenvalue weighted by Gasteiger charge is 2.32. The smallest absolute Gasteiger partial charge is 0.338 e. The number of benzene rings is 1. The summed E-state index contributed by atoms with van der Waals surface area (Å²) in [6, 6.07) is 5.33. The highest BCUT2D eigenvalue weighted by Crippen LogP contribution is 2.27. The summed E-state index contributed by atoms with van der Waals surface area (Å²) in [7, 11) is 1.29. The molecule has 0 saturated carbocycles. The van der Waals surface area contributed by atoms with Gasteiger partial charge >= 0.3 is 18.0 Å². The Morgan fingerprint density at radius 3 is 2.50 bits per heavy atom. The summed E-state index contributed by atoms with van der Waals surface area (Å²) in [6.45, 7) is 5.19. The summed E-state index contributed by atoms with van der Waals surface area (Å²) < 4.78 is 9.73. The van der Waals surface area contributed by atoms with Gasteiger partial charge in [-0.3, -0.25) is 0 Å². The lowest BCUT2D eigenvalue weighted by atomic mass is 9.95. The van der Waals surface area contributed by atoms with Crippen molar-refractivity contribution in [3.63, 3.8) is 0 Å². The number of allylic oxidation sites excluding steroid dienone is 1. The van der Waals surface area contributed by atoms with E-state index >= 15 is 0 Å². The Hall–Kier alpha value is -3.09. The Morgan fingerprint density at radius 1 is 1.25 bits per heavy atom. The van der Waals surface area contributed by atoms with E-state index in [1.807, 2.05) is 0 Å². The highest BCUT2D eigenvalue weighted by molar-refractivity contribution is 5.95. The number of ether oxygens (including phenoxy) is 2. The molecule has 7 nitrogen and oxygen atoms in total. The number of carbonyl (C=O) groups is 3. The summed E-state index contributed by atoms with van der Waals surface area (Å²) >= 11 is 0. The van der Waals surface area contributed by atoms with Crippen molar-refractivity contribution in [2.45, 2.75) is 13.0 Å². The van der Waals surface area contributed by atoms with Crippen molar-refractivity contribution < 1.29 is 23.9 Å². The normalized spacial score (nSPS) is 16.8. The van der Waals surface area contributed by atoms with Crippen LogP contribution >= 0.6 is 0 Å². The summed E-state index contributed by atoms with van der Waals surface area (Å²) in [5.41, 5.74) is 1.72. The van der Waals surface area contributed by atoms with Gasteiger partial charge in [0.05, 0.1) is 24.3 Å². The first-order valence-corrected chi connectivity index (χ1v) is 7.22. The van der Waals surface area contributed by atoms with E-state index in [4.69, 9.17) is 4.74 Å².